The molecule has 1 amide bonds. The van der Waals surface area contributed by atoms with Gasteiger partial charge in [0.25, 0.3) is 5.91 Å². The number of benzene rings is 2. The van der Waals surface area contributed by atoms with Crippen molar-refractivity contribution in [3.63, 3.8) is 0 Å². The molecule has 0 aliphatic carbocycles. The van der Waals surface area contributed by atoms with Crippen LogP contribution in [0.3, 0.4) is 0 Å². The number of nitrogens with zero attached hydrogens (tertiary/aromatic N) is 1. The molecule has 0 atom stereocenters. The monoisotopic (exact) mass is 394 g/mol. The third-order valence-electron chi connectivity index (χ3n) is 3.71. The van der Waals surface area contributed by atoms with Gasteiger partial charge in [-0.15, -0.1) is 0 Å². The van der Waals surface area contributed by atoms with E-state index in [1.165, 1.54) is 45.6 Å². The Balaban J connectivity index is 2.19. The zero-order valence-corrected chi connectivity index (χ0v) is 15.5. The van der Waals surface area contributed by atoms with E-state index in [2.05, 4.69) is 5.32 Å². The van der Waals surface area contributed by atoms with Gasteiger partial charge in [-0.05, 0) is 12.1 Å². The standard InChI is InChI=1S/C18H19FN2O7/c1-25-14-10-11(15(21(23)24)17(27-3)16(14)26-2)18(22)20-8-9-28-13-7-5-4-6-12(13)19/h4-7,10H,8-9H2,1-3H3,(H,20,22). The van der Waals surface area contributed by atoms with Gasteiger partial charge in [-0.2, -0.15) is 0 Å². The molecule has 0 spiro atoms. The van der Waals surface area contributed by atoms with Crippen molar-refractivity contribution in [3.8, 4) is 23.0 Å². The Kier molecular flexibility index (Phi) is 6.96. The summed E-state index contributed by atoms with van der Waals surface area (Å²) in [5.74, 6) is -1.39. The lowest BCUT2D eigenvalue weighted by atomic mass is 10.1. The molecule has 0 aromatic heterocycles. The number of ether oxygens (including phenoxy) is 4. The summed E-state index contributed by atoms with van der Waals surface area (Å²) < 4.78 is 34.0. The maximum Gasteiger partial charge on any atom is 0.327 e. The van der Waals surface area contributed by atoms with E-state index in [1.54, 1.807) is 6.07 Å². The van der Waals surface area contributed by atoms with Crippen LogP contribution in [-0.2, 0) is 0 Å². The van der Waals surface area contributed by atoms with Gasteiger partial charge in [-0.1, -0.05) is 12.1 Å². The Morgan fingerprint density at radius 1 is 1.11 bits per heavy atom. The summed E-state index contributed by atoms with van der Waals surface area (Å²) in [5.41, 5.74) is -0.835. The van der Waals surface area contributed by atoms with Gasteiger partial charge in [0.2, 0.25) is 11.5 Å². The van der Waals surface area contributed by atoms with Crippen LogP contribution in [0.25, 0.3) is 0 Å². The molecular formula is C18H19FN2O7. The van der Waals surface area contributed by atoms with Gasteiger partial charge in [0.1, 0.15) is 12.2 Å². The zero-order chi connectivity index (χ0) is 20.7. The van der Waals surface area contributed by atoms with Crippen molar-refractivity contribution in [2.45, 2.75) is 0 Å². The average molecular weight is 394 g/mol. The van der Waals surface area contributed by atoms with Crippen molar-refractivity contribution in [3.05, 3.63) is 51.8 Å². The summed E-state index contributed by atoms with van der Waals surface area (Å²) >= 11 is 0. The number of hydrogen-bond acceptors (Lipinski definition) is 7. The first-order valence-corrected chi connectivity index (χ1v) is 8.07. The van der Waals surface area contributed by atoms with Crippen LogP contribution in [0.1, 0.15) is 10.4 Å². The molecule has 0 fully saturated rings. The number of rotatable bonds is 9. The molecule has 0 bridgehead atoms. The van der Waals surface area contributed by atoms with Crippen molar-refractivity contribution in [2.75, 3.05) is 34.5 Å². The number of para-hydroxylation sites is 1. The van der Waals surface area contributed by atoms with Crippen LogP contribution in [-0.4, -0.2) is 45.3 Å². The maximum absolute atomic E-state index is 13.5. The van der Waals surface area contributed by atoms with Gasteiger partial charge >= 0.3 is 5.69 Å². The number of nitro groups is 1. The molecule has 0 radical (unpaired) electrons. The van der Waals surface area contributed by atoms with Gasteiger partial charge in [-0.25, -0.2) is 4.39 Å². The highest BCUT2D eigenvalue weighted by atomic mass is 19.1. The molecule has 2 aromatic carbocycles. The molecule has 0 aliphatic rings. The van der Waals surface area contributed by atoms with Gasteiger partial charge in [0.05, 0.1) is 32.8 Å². The van der Waals surface area contributed by atoms with E-state index in [4.69, 9.17) is 18.9 Å². The highest BCUT2D eigenvalue weighted by molar-refractivity contribution is 6.00. The molecule has 0 aliphatic heterocycles. The minimum atomic E-state index is -0.747. The Labute approximate surface area is 160 Å². The second kappa shape index (κ2) is 9.40. The number of hydrogen-bond donors (Lipinski definition) is 1. The molecule has 0 saturated heterocycles. The van der Waals surface area contributed by atoms with Crippen LogP contribution in [0, 0.1) is 15.9 Å². The van der Waals surface area contributed by atoms with E-state index in [-0.39, 0.29) is 41.7 Å². The van der Waals surface area contributed by atoms with E-state index in [0.29, 0.717) is 0 Å². The number of nitrogens with one attached hydrogen (secondary N) is 1. The third kappa shape index (κ3) is 4.40. The highest BCUT2D eigenvalue weighted by Gasteiger charge is 2.32. The third-order valence-corrected chi connectivity index (χ3v) is 3.71. The highest BCUT2D eigenvalue weighted by Crippen LogP contribution is 2.46. The fourth-order valence-electron chi connectivity index (χ4n) is 2.48. The minimum absolute atomic E-state index is 0.00358. The van der Waals surface area contributed by atoms with Crippen molar-refractivity contribution in [1.82, 2.24) is 5.32 Å². The van der Waals surface area contributed by atoms with Crippen LogP contribution < -0.4 is 24.3 Å². The number of nitro benzene ring substituents is 1. The van der Waals surface area contributed by atoms with Crippen molar-refractivity contribution in [1.29, 1.82) is 0 Å². The fraction of sp³-hybridized carbons (Fsp3) is 0.278. The molecule has 0 heterocycles. The van der Waals surface area contributed by atoms with Crippen LogP contribution in [0.2, 0.25) is 0 Å². The first-order chi connectivity index (χ1) is 13.4. The van der Waals surface area contributed by atoms with Crippen LogP contribution in [0.5, 0.6) is 23.0 Å². The topological polar surface area (TPSA) is 109 Å². The first-order valence-electron chi connectivity index (χ1n) is 8.07. The Morgan fingerprint density at radius 3 is 2.36 bits per heavy atom. The number of amides is 1. The quantitative estimate of drug-likeness (QED) is 0.395. The van der Waals surface area contributed by atoms with Gasteiger partial charge in [0.15, 0.2) is 17.3 Å². The SMILES string of the molecule is COc1cc(C(=O)NCCOc2ccccc2F)c([N+](=O)[O-])c(OC)c1OC. The number of halogens is 1. The van der Waals surface area contributed by atoms with E-state index in [0.717, 1.165) is 0 Å². The van der Waals surface area contributed by atoms with Gasteiger partial charge < -0.3 is 24.3 Å². The second-order valence-corrected chi connectivity index (χ2v) is 5.33. The van der Waals surface area contributed by atoms with Crippen LogP contribution >= 0.6 is 0 Å². The summed E-state index contributed by atoms with van der Waals surface area (Å²) in [6, 6.07) is 7.00. The lowest BCUT2D eigenvalue weighted by Crippen LogP contribution is -2.29. The normalized spacial score (nSPS) is 10.1. The van der Waals surface area contributed by atoms with Gasteiger partial charge in [0, 0.05) is 6.07 Å². The molecule has 0 saturated carbocycles. The summed E-state index contributed by atoms with van der Waals surface area (Å²) in [6.45, 7) is -0.0497. The molecule has 2 aromatic rings. The fourth-order valence-corrected chi connectivity index (χ4v) is 2.48. The number of carbonyl (C=O) groups is 1. The van der Waals surface area contributed by atoms with E-state index < -0.39 is 22.3 Å². The number of methoxy groups -OCH3 is 3. The molecule has 9 nitrogen and oxygen atoms in total. The summed E-state index contributed by atoms with van der Waals surface area (Å²) in [7, 11) is 3.84. The van der Waals surface area contributed by atoms with E-state index >= 15 is 0 Å². The molecule has 2 rings (SSSR count). The van der Waals surface area contributed by atoms with Gasteiger partial charge in [-0.3, -0.25) is 14.9 Å². The molecule has 1 N–H and O–H groups in total. The molecule has 10 heteroatoms. The first kappa shape index (κ1) is 20.7. The average Bonchev–Trinajstić information content (AvgIpc) is 2.70. The number of carbonyl (C=O) groups excluding carboxylic acids is 1. The van der Waals surface area contributed by atoms with Crippen molar-refractivity contribution >= 4 is 11.6 Å². The predicted molar refractivity (Wildman–Crippen MR) is 97.0 cm³/mol. The summed E-state index contributed by atoms with van der Waals surface area (Å²) in [4.78, 5) is 23.3. The lowest BCUT2D eigenvalue weighted by Gasteiger charge is -2.15. The van der Waals surface area contributed by atoms with E-state index in [9.17, 15) is 19.3 Å². The van der Waals surface area contributed by atoms with Crippen LogP contribution in [0.4, 0.5) is 10.1 Å². The second-order valence-electron chi connectivity index (χ2n) is 5.33. The predicted octanol–water partition coefficient (Wildman–Crippen LogP) is 2.57. The summed E-state index contributed by atoms with van der Waals surface area (Å²) in [5, 5.41) is 14.0. The Morgan fingerprint density at radius 2 is 1.79 bits per heavy atom. The Hall–Kier alpha value is -3.56. The van der Waals surface area contributed by atoms with Crippen molar-refractivity contribution < 1.29 is 33.1 Å². The largest absolute Gasteiger partial charge is 0.493 e. The maximum atomic E-state index is 13.5. The molecule has 28 heavy (non-hydrogen) atoms. The lowest BCUT2D eigenvalue weighted by molar-refractivity contribution is -0.386. The molecule has 150 valence electrons. The van der Waals surface area contributed by atoms with E-state index in [1.807, 2.05) is 0 Å². The molecule has 0 unspecified atom stereocenters. The summed E-state index contributed by atoms with van der Waals surface area (Å²) in [6.07, 6.45) is 0. The minimum Gasteiger partial charge on any atom is -0.493 e. The van der Waals surface area contributed by atoms with Crippen molar-refractivity contribution in [2.24, 2.45) is 0 Å². The Bertz CT molecular complexity index is 873. The smallest absolute Gasteiger partial charge is 0.327 e. The zero-order valence-electron chi connectivity index (χ0n) is 15.5. The van der Waals surface area contributed by atoms with Crippen LogP contribution in [0.15, 0.2) is 30.3 Å². The molecular weight excluding hydrogens is 375 g/mol.